The number of para-hydroxylation sites is 2. The minimum atomic E-state index is -0.544. The van der Waals surface area contributed by atoms with Crippen LogP contribution in [0.1, 0.15) is 37.2 Å². The summed E-state index contributed by atoms with van der Waals surface area (Å²) in [5.74, 6) is 7.42. The molecule has 1 aliphatic rings. The normalized spacial score (nSPS) is 16.2. The van der Waals surface area contributed by atoms with E-state index in [9.17, 15) is 4.79 Å². The lowest BCUT2D eigenvalue weighted by molar-refractivity contribution is 0.495. The fourth-order valence-corrected chi connectivity index (χ4v) is 5.13. The van der Waals surface area contributed by atoms with Crippen LogP contribution in [0, 0.1) is 11.8 Å². The summed E-state index contributed by atoms with van der Waals surface area (Å²) in [6, 6.07) is 17.2. The summed E-state index contributed by atoms with van der Waals surface area (Å²) >= 11 is 0. The Hall–Kier alpha value is -4.13. The average Bonchev–Trinajstić information content (AvgIpc) is 3.51. The maximum atomic E-state index is 14.2. The molecule has 3 N–H and O–H groups in total. The summed E-state index contributed by atoms with van der Waals surface area (Å²) in [6.07, 6.45) is 3.63. The Morgan fingerprint density at radius 1 is 1.11 bits per heavy atom. The maximum Gasteiger partial charge on any atom is 0.294 e. The molecule has 1 unspecified atom stereocenters. The number of rotatable bonds is 5. The van der Waals surface area contributed by atoms with Gasteiger partial charge in [-0.25, -0.2) is 14.6 Å². The van der Waals surface area contributed by atoms with Gasteiger partial charge in [0.2, 0.25) is 5.95 Å². The second-order valence-electron chi connectivity index (χ2n) is 9.35. The first-order valence-electron chi connectivity index (χ1n) is 12.5. The van der Waals surface area contributed by atoms with Gasteiger partial charge in [0, 0.05) is 19.1 Å². The Morgan fingerprint density at radius 2 is 1.89 bits per heavy atom. The van der Waals surface area contributed by atoms with Gasteiger partial charge in [-0.2, -0.15) is 5.10 Å². The lowest BCUT2D eigenvalue weighted by Crippen LogP contribution is -2.44. The van der Waals surface area contributed by atoms with Crippen LogP contribution in [-0.4, -0.2) is 48.4 Å². The second-order valence-corrected chi connectivity index (χ2v) is 9.35. The molecule has 2 aromatic carbocycles. The van der Waals surface area contributed by atoms with Crippen LogP contribution in [-0.2, 0) is 6.54 Å². The van der Waals surface area contributed by atoms with Gasteiger partial charge in [-0.15, -0.1) is 18.3 Å². The van der Waals surface area contributed by atoms with Crippen LogP contribution in [0.3, 0.4) is 0 Å². The Labute approximate surface area is 226 Å². The molecular weight excluding hydrogens is 500 g/mol. The van der Waals surface area contributed by atoms with Crippen molar-refractivity contribution in [2.45, 2.75) is 38.4 Å². The molecular formula is C28H29ClN8O. The zero-order valence-corrected chi connectivity index (χ0v) is 21.9. The predicted molar refractivity (Wildman–Crippen MR) is 152 cm³/mol. The lowest BCUT2D eigenvalue weighted by Gasteiger charge is -2.31. The van der Waals surface area contributed by atoms with E-state index in [-0.39, 0.29) is 24.0 Å². The number of benzene rings is 2. The third-order valence-corrected chi connectivity index (χ3v) is 6.87. The fourth-order valence-electron chi connectivity index (χ4n) is 5.13. The molecule has 5 aromatic rings. The smallest absolute Gasteiger partial charge is 0.294 e. The largest absolute Gasteiger partial charge is 0.341 e. The van der Waals surface area contributed by atoms with Gasteiger partial charge in [0.15, 0.2) is 0 Å². The van der Waals surface area contributed by atoms with Crippen molar-refractivity contribution in [2.75, 3.05) is 18.0 Å². The number of nitrogens with two attached hydrogens (primary N) is 1. The zero-order valence-electron chi connectivity index (χ0n) is 21.0. The van der Waals surface area contributed by atoms with Crippen molar-refractivity contribution in [1.82, 2.24) is 29.3 Å². The molecule has 4 heterocycles. The van der Waals surface area contributed by atoms with E-state index >= 15 is 0 Å². The molecule has 1 aliphatic heterocycles. The van der Waals surface area contributed by atoms with Crippen molar-refractivity contribution < 1.29 is 0 Å². The third kappa shape index (κ3) is 4.53. The molecule has 0 saturated carbocycles. The van der Waals surface area contributed by atoms with E-state index in [4.69, 9.17) is 15.7 Å². The summed E-state index contributed by atoms with van der Waals surface area (Å²) in [6.45, 7) is 3.68. The topological polar surface area (TPSA) is 111 Å². The van der Waals surface area contributed by atoms with E-state index in [0.29, 0.717) is 35.9 Å². The molecule has 9 nitrogen and oxygen atoms in total. The number of imidazole rings is 2. The first-order chi connectivity index (χ1) is 18.1. The highest BCUT2D eigenvalue weighted by Crippen LogP contribution is 2.27. The van der Waals surface area contributed by atoms with E-state index in [1.54, 1.807) is 13.1 Å². The van der Waals surface area contributed by atoms with Gasteiger partial charge < -0.3 is 15.6 Å². The third-order valence-electron chi connectivity index (χ3n) is 6.87. The molecule has 1 fully saturated rings. The van der Waals surface area contributed by atoms with Gasteiger partial charge in [-0.3, -0.25) is 9.36 Å². The van der Waals surface area contributed by atoms with Crippen LogP contribution in [0.5, 0.6) is 0 Å². The molecule has 0 bridgehead atoms. The van der Waals surface area contributed by atoms with E-state index in [0.717, 1.165) is 36.0 Å². The number of aromatic nitrogens is 6. The fraction of sp³-hybridized carbons (Fsp3) is 0.286. The Bertz CT molecular complexity index is 1660. The SMILES string of the molecule is CC#CCn1c(N2CCC[C@@H](N)C2)nc2cnn(C(c3ccccc3)c3nc4ccccc4[nH]3)c(=O)c21.Cl. The highest BCUT2D eigenvalue weighted by Gasteiger charge is 2.27. The van der Waals surface area contributed by atoms with Crippen LogP contribution < -0.4 is 16.2 Å². The van der Waals surface area contributed by atoms with E-state index in [2.05, 4.69) is 26.8 Å². The van der Waals surface area contributed by atoms with Crippen LogP contribution in [0.15, 0.2) is 65.6 Å². The quantitative estimate of drug-likeness (QED) is 0.338. The number of aromatic amines is 1. The van der Waals surface area contributed by atoms with Crippen LogP contribution in [0.25, 0.3) is 22.1 Å². The molecule has 1 saturated heterocycles. The van der Waals surface area contributed by atoms with Crippen LogP contribution >= 0.6 is 12.4 Å². The number of hydrogen-bond acceptors (Lipinski definition) is 6. The number of piperidine rings is 1. The Kier molecular flexibility index (Phi) is 7.18. The summed E-state index contributed by atoms with van der Waals surface area (Å²) < 4.78 is 3.41. The minimum Gasteiger partial charge on any atom is -0.341 e. The molecule has 0 aliphatic carbocycles. The van der Waals surface area contributed by atoms with Crippen molar-refractivity contribution in [1.29, 1.82) is 0 Å². The van der Waals surface area contributed by atoms with Crippen molar-refractivity contribution in [3.05, 3.63) is 82.5 Å². The van der Waals surface area contributed by atoms with Gasteiger partial charge in [-0.05, 0) is 37.5 Å². The number of nitrogens with zero attached hydrogens (tertiary/aromatic N) is 6. The molecule has 38 heavy (non-hydrogen) atoms. The summed E-state index contributed by atoms with van der Waals surface area (Å²) in [5, 5.41) is 4.61. The first kappa shape index (κ1) is 25.5. The molecule has 0 spiro atoms. The van der Waals surface area contributed by atoms with Gasteiger partial charge >= 0.3 is 0 Å². The van der Waals surface area contributed by atoms with Crippen LogP contribution in [0.2, 0.25) is 0 Å². The molecule has 0 radical (unpaired) electrons. The van der Waals surface area contributed by atoms with Crippen molar-refractivity contribution >= 4 is 40.4 Å². The monoisotopic (exact) mass is 528 g/mol. The number of anilines is 1. The van der Waals surface area contributed by atoms with Gasteiger partial charge in [0.1, 0.15) is 22.9 Å². The number of nitrogens with one attached hydrogen (secondary N) is 1. The summed E-state index contributed by atoms with van der Waals surface area (Å²) in [4.78, 5) is 29.4. The van der Waals surface area contributed by atoms with Crippen molar-refractivity contribution in [2.24, 2.45) is 5.73 Å². The highest BCUT2D eigenvalue weighted by molar-refractivity contribution is 5.85. The average molecular weight is 529 g/mol. The second kappa shape index (κ2) is 10.7. The van der Waals surface area contributed by atoms with Gasteiger partial charge in [0.05, 0.1) is 23.8 Å². The van der Waals surface area contributed by atoms with Crippen LogP contribution in [0.4, 0.5) is 5.95 Å². The van der Waals surface area contributed by atoms with E-state index in [1.807, 2.05) is 59.2 Å². The molecule has 0 amide bonds. The number of H-pyrrole nitrogens is 1. The van der Waals surface area contributed by atoms with Crippen molar-refractivity contribution in [3.8, 4) is 11.8 Å². The van der Waals surface area contributed by atoms with E-state index < -0.39 is 6.04 Å². The van der Waals surface area contributed by atoms with Gasteiger partial charge in [-0.1, -0.05) is 48.4 Å². The Morgan fingerprint density at radius 3 is 2.66 bits per heavy atom. The maximum absolute atomic E-state index is 14.2. The molecule has 3 aromatic heterocycles. The number of fused-ring (bicyclic) bond motifs is 2. The Balaban J connectivity index is 0.00000294. The van der Waals surface area contributed by atoms with E-state index in [1.165, 1.54) is 4.68 Å². The molecule has 6 rings (SSSR count). The molecule has 194 valence electrons. The zero-order chi connectivity index (χ0) is 25.4. The molecule has 2 atom stereocenters. The molecule has 10 heteroatoms. The lowest BCUT2D eigenvalue weighted by atomic mass is 10.1. The number of halogens is 1. The van der Waals surface area contributed by atoms with Crippen molar-refractivity contribution in [3.63, 3.8) is 0 Å². The minimum absolute atomic E-state index is 0. The highest BCUT2D eigenvalue weighted by atomic mass is 35.5. The standard InChI is InChI=1S/C28H28N8O.ClH/c1-2-3-16-35-25-23(33-28(35)34-15-9-12-20(29)18-34)17-30-36(27(25)37)24(19-10-5-4-6-11-19)26-31-21-13-7-8-14-22(21)32-26;/h4-8,10-11,13-14,17,20,24H,9,12,15-16,18,29H2,1H3,(H,31,32);1H/t20-,24?;/m1./s1. The van der Waals surface area contributed by atoms with Gasteiger partial charge in [0.25, 0.3) is 5.56 Å². The predicted octanol–water partition coefficient (Wildman–Crippen LogP) is 3.48. The number of hydrogen-bond donors (Lipinski definition) is 2. The summed E-state index contributed by atoms with van der Waals surface area (Å²) in [7, 11) is 0. The summed E-state index contributed by atoms with van der Waals surface area (Å²) in [5.41, 5.74) is 9.68. The first-order valence-corrected chi connectivity index (χ1v) is 12.5.